The predicted octanol–water partition coefficient (Wildman–Crippen LogP) is 7.84. The molecule has 2 heteroatoms. The molecule has 0 aliphatic heterocycles. The lowest BCUT2D eigenvalue weighted by molar-refractivity contribution is 0.496. The first-order valence-corrected chi connectivity index (χ1v) is 15.0. The van der Waals surface area contributed by atoms with Crippen LogP contribution in [0, 0.1) is 5.41 Å². The molecule has 0 radical (unpaired) electrons. The second-order valence-corrected chi connectivity index (χ2v) is 14.4. The Labute approximate surface area is 213 Å². The van der Waals surface area contributed by atoms with Crippen molar-refractivity contribution in [2.45, 2.75) is 27.2 Å². The van der Waals surface area contributed by atoms with Crippen LogP contribution < -0.4 is 21.2 Å². The topological polar surface area (TPSA) is 0 Å². The number of hydrogen-bond acceptors (Lipinski definition) is 0. The number of hydrogen-bond donors (Lipinski definition) is 0. The molecule has 0 amide bonds. The monoisotopic (exact) mass is 490 g/mol. The van der Waals surface area contributed by atoms with Crippen molar-refractivity contribution < 1.29 is 0 Å². The van der Waals surface area contributed by atoms with Gasteiger partial charge in [0.15, 0.2) is 0 Å². The minimum Gasteiger partial charge on any atom is -0.0622 e. The Morgan fingerprint density at radius 3 is 1.17 bits per heavy atom. The van der Waals surface area contributed by atoms with Crippen LogP contribution in [-0.4, -0.2) is 0 Å². The second kappa shape index (κ2) is 10.5. The van der Waals surface area contributed by atoms with E-state index in [1.807, 2.05) is 0 Å². The Morgan fingerprint density at radius 1 is 0.486 bits per heavy atom. The molecule has 0 saturated carbocycles. The third-order valence-corrected chi connectivity index (χ3v) is 11.8. The predicted molar refractivity (Wildman–Crippen MR) is 157 cm³/mol. The van der Waals surface area contributed by atoms with Crippen LogP contribution in [-0.2, 0) is 0 Å². The van der Waals surface area contributed by atoms with Gasteiger partial charge in [0.1, 0.15) is 0 Å². The zero-order valence-corrected chi connectivity index (χ0v) is 22.5. The van der Waals surface area contributed by atoms with Crippen LogP contribution in [0.15, 0.2) is 144 Å². The van der Waals surface area contributed by atoms with Gasteiger partial charge in [-0.05, 0) is 59.5 Å². The van der Waals surface area contributed by atoms with Gasteiger partial charge in [-0.3, -0.25) is 0 Å². The van der Waals surface area contributed by atoms with Gasteiger partial charge in [0.2, 0.25) is 0 Å². The summed E-state index contributed by atoms with van der Waals surface area (Å²) in [7, 11) is -1.29. The molecule has 0 fully saturated rings. The van der Waals surface area contributed by atoms with E-state index in [-0.39, 0.29) is 5.41 Å². The van der Waals surface area contributed by atoms with E-state index in [9.17, 15) is 0 Å². The van der Waals surface area contributed by atoms with Gasteiger partial charge in [-0.25, -0.2) is 0 Å². The molecule has 0 spiro atoms. The van der Waals surface area contributed by atoms with Crippen LogP contribution >= 0.6 is 15.8 Å². The van der Waals surface area contributed by atoms with Gasteiger partial charge < -0.3 is 0 Å². The van der Waals surface area contributed by atoms with Crippen LogP contribution in [0.5, 0.6) is 0 Å². The molecule has 0 saturated heterocycles. The molecule has 174 valence electrons. The van der Waals surface area contributed by atoms with E-state index in [2.05, 4.69) is 148 Å². The van der Waals surface area contributed by atoms with Crippen molar-refractivity contribution in [3.63, 3.8) is 0 Å². The molecule has 0 heterocycles. The third-order valence-electron chi connectivity index (χ3n) is 6.50. The summed E-state index contributed by atoms with van der Waals surface area (Å²) in [5.41, 5.74) is 1.68. The van der Waals surface area contributed by atoms with Crippen LogP contribution in [0.25, 0.3) is 0 Å². The molecule has 4 aromatic rings. The van der Waals surface area contributed by atoms with E-state index in [0.717, 1.165) is 6.42 Å². The lowest BCUT2D eigenvalue weighted by Crippen LogP contribution is -2.16. The summed E-state index contributed by atoms with van der Waals surface area (Å²) < 4.78 is 0. The Morgan fingerprint density at radius 2 is 0.829 bits per heavy atom. The molecular weight excluding hydrogens is 458 g/mol. The van der Waals surface area contributed by atoms with E-state index in [0.29, 0.717) is 0 Å². The highest BCUT2D eigenvalue weighted by molar-refractivity contribution is 7.80. The maximum absolute atomic E-state index is 2.57. The summed E-state index contributed by atoms with van der Waals surface area (Å²) in [5, 5.41) is 8.86. The van der Waals surface area contributed by atoms with Gasteiger partial charge >= 0.3 is 0 Å². The Bertz CT molecular complexity index is 1240. The van der Waals surface area contributed by atoms with E-state index in [1.165, 1.54) is 21.2 Å². The van der Waals surface area contributed by atoms with Crippen molar-refractivity contribution in [1.82, 2.24) is 0 Å². The van der Waals surface area contributed by atoms with E-state index >= 15 is 0 Å². The number of allylic oxidation sites excluding steroid dienone is 4. The molecule has 5 rings (SSSR count). The van der Waals surface area contributed by atoms with Crippen LogP contribution in [0.1, 0.15) is 27.2 Å². The minimum atomic E-state index is -0.659. The first-order chi connectivity index (χ1) is 17.0. The van der Waals surface area contributed by atoms with E-state index < -0.39 is 15.8 Å². The molecule has 0 nitrogen and oxygen atoms in total. The fourth-order valence-corrected chi connectivity index (χ4v) is 10.1. The molecule has 0 unspecified atom stereocenters. The summed E-state index contributed by atoms with van der Waals surface area (Å²) in [6, 6.07) is 44.6. The second-order valence-electron chi connectivity index (χ2n) is 9.94. The molecule has 0 atom stereocenters. The van der Waals surface area contributed by atoms with Gasteiger partial charge in [-0.15, -0.1) is 0 Å². The average Bonchev–Trinajstić information content (AvgIpc) is 3.32. The molecule has 1 aliphatic rings. The summed E-state index contributed by atoms with van der Waals surface area (Å²) in [6.07, 6.45) is 3.62. The van der Waals surface area contributed by atoms with Gasteiger partial charge in [0.25, 0.3) is 0 Å². The fraction of sp³-hybridized carbons (Fsp3) is 0.152. The SMILES string of the molecule is CC(C)(C)C1=CC(P(c2ccccc2)c2ccccc2)=C(P(c2ccccc2)c2ccccc2)C1. The van der Waals surface area contributed by atoms with E-state index in [4.69, 9.17) is 0 Å². The highest BCUT2D eigenvalue weighted by Gasteiger charge is 2.34. The zero-order valence-electron chi connectivity index (χ0n) is 20.7. The summed E-state index contributed by atoms with van der Waals surface area (Å²) in [5.74, 6) is 0. The molecule has 0 aromatic heterocycles. The maximum atomic E-state index is 2.57. The molecule has 35 heavy (non-hydrogen) atoms. The molecule has 4 aromatic carbocycles. The molecule has 0 N–H and O–H groups in total. The summed E-state index contributed by atoms with van der Waals surface area (Å²) >= 11 is 0. The third kappa shape index (κ3) is 5.26. The number of rotatable bonds is 6. The van der Waals surface area contributed by atoms with E-state index in [1.54, 1.807) is 16.2 Å². The standard InChI is InChI=1S/C33H32P2/c1-33(2,3)26-24-31(34(27-16-8-4-9-17-27)28-18-10-5-11-19-28)32(25-26)35(29-20-12-6-13-21-29)30-22-14-7-15-23-30/h4-24H,25H2,1-3H3. The number of benzene rings is 4. The lowest BCUT2D eigenvalue weighted by atomic mass is 9.86. The van der Waals surface area contributed by atoms with Crippen LogP contribution in [0.4, 0.5) is 0 Å². The fourth-order valence-electron chi connectivity index (χ4n) is 4.64. The minimum absolute atomic E-state index is 0.135. The Kier molecular flexibility index (Phi) is 7.15. The maximum Gasteiger partial charge on any atom is -0.00411 e. The highest BCUT2D eigenvalue weighted by Crippen LogP contribution is 2.60. The largest absolute Gasteiger partial charge is 0.0622 e. The summed E-state index contributed by atoms with van der Waals surface area (Å²) in [6.45, 7) is 7.08. The van der Waals surface area contributed by atoms with Gasteiger partial charge in [0.05, 0.1) is 0 Å². The lowest BCUT2D eigenvalue weighted by Gasteiger charge is -2.27. The van der Waals surface area contributed by atoms with Crippen molar-refractivity contribution >= 4 is 37.1 Å². The normalized spacial score (nSPS) is 14.0. The van der Waals surface area contributed by atoms with Crippen molar-refractivity contribution in [2.24, 2.45) is 5.41 Å². The Hall–Kier alpha value is -2.78. The van der Waals surface area contributed by atoms with Crippen molar-refractivity contribution in [3.05, 3.63) is 144 Å². The van der Waals surface area contributed by atoms with Crippen LogP contribution in [0.2, 0.25) is 0 Å². The molecular formula is C33H32P2. The highest BCUT2D eigenvalue weighted by atomic mass is 31.1. The quantitative estimate of drug-likeness (QED) is 0.242. The smallest absolute Gasteiger partial charge is 0.00411 e. The first kappa shape index (κ1) is 23.9. The zero-order chi connectivity index (χ0) is 24.3. The van der Waals surface area contributed by atoms with Gasteiger partial charge in [-0.2, -0.15) is 0 Å². The van der Waals surface area contributed by atoms with Crippen molar-refractivity contribution in [1.29, 1.82) is 0 Å². The molecule has 1 aliphatic carbocycles. The average molecular weight is 491 g/mol. The summed E-state index contributed by atoms with van der Waals surface area (Å²) in [4.78, 5) is 0. The van der Waals surface area contributed by atoms with Crippen molar-refractivity contribution in [3.8, 4) is 0 Å². The molecule has 0 bridgehead atoms. The van der Waals surface area contributed by atoms with Gasteiger partial charge in [0, 0.05) is 0 Å². The van der Waals surface area contributed by atoms with Crippen molar-refractivity contribution in [2.75, 3.05) is 0 Å². The van der Waals surface area contributed by atoms with Gasteiger partial charge in [-0.1, -0.05) is 154 Å². The van der Waals surface area contributed by atoms with Crippen LogP contribution in [0.3, 0.4) is 0 Å². The Balaban J connectivity index is 1.77. The first-order valence-electron chi connectivity index (χ1n) is 12.3.